The van der Waals surface area contributed by atoms with Gasteiger partial charge in [-0.25, -0.2) is 4.98 Å². The van der Waals surface area contributed by atoms with Crippen molar-refractivity contribution in [1.82, 2.24) is 9.97 Å². The molecule has 4 rings (SSSR count). The molecule has 0 amide bonds. The smallest absolute Gasteiger partial charge is 0.185 e. The Morgan fingerprint density at radius 2 is 1.92 bits per heavy atom. The minimum atomic E-state index is -0.0646. The molecule has 26 heavy (non-hydrogen) atoms. The van der Waals surface area contributed by atoms with Gasteiger partial charge in [-0.1, -0.05) is 12.1 Å². The summed E-state index contributed by atoms with van der Waals surface area (Å²) in [6.07, 6.45) is 4.75. The van der Waals surface area contributed by atoms with Crippen LogP contribution in [0.3, 0.4) is 0 Å². The van der Waals surface area contributed by atoms with E-state index >= 15 is 0 Å². The van der Waals surface area contributed by atoms with Gasteiger partial charge in [-0.05, 0) is 60.7 Å². The fraction of sp³-hybridized carbons (Fsp3) is 0.0476. The second-order valence-electron chi connectivity index (χ2n) is 5.84. The molecule has 0 saturated carbocycles. The summed E-state index contributed by atoms with van der Waals surface area (Å²) in [5.74, 6) is 1.46. The van der Waals surface area contributed by atoms with Crippen LogP contribution in [0.4, 0.5) is 5.69 Å². The topological polar surface area (TPSA) is 70.9 Å². The molecular formula is C21H17N3O2. The predicted molar refractivity (Wildman–Crippen MR) is 102 cm³/mol. The molecule has 4 aromatic rings. The number of nitrogens with one attached hydrogen (secondary N) is 2. The first-order valence-electron chi connectivity index (χ1n) is 8.31. The van der Waals surface area contributed by atoms with Crippen LogP contribution in [0.2, 0.25) is 0 Å². The molecular weight excluding hydrogens is 326 g/mol. The fourth-order valence-electron chi connectivity index (χ4n) is 2.67. The Labute approximate surface area is 150 Å². The maximum absolute atomic E-state index is 12.2. The number of aromatic nitrogens is 2. The Kier molecular flexibility index (Phi) is 4.35. The van der Waals surface area contributed by atoms with E-state index in [4.69, 9.17) is 4.42 Å². The van der Waals surface area contributed by atoms with E-state index in [0.717, 1.165) is 22.5 Å². The van der Waals surface area contributed by atoms with Crippen LogP contribution in [-0.2, 0) is 6.54 Å². The summed E-state index contributed by atoms with van der Waals surface area (Å²) in [6, 6.07) is 18.9. The molecule has 5 nitrogen and oxygen atoms in total. The summed E-state index contributed by atoms with van der Waals surface area (Å²) >= 11 is 0. The molecule has 0 spiro atoms. The number of rotatable bonds is 6. The monoisotopic (exact) mass is 343 g/mol. The molecule has 0 atom stereocenters. The molecule has 2 aromatic heterocycles. The van der Waals surface area contributed by atoms with Crippen LogP contribution in [0.25, 0.3) is 17.1 Å². The molecule has 5 heteroatoms. The predicted octanol–water partition coefficient (Wildman–Crippen LogP) is 4.66. The number of carbonyl (C=O) groups excluding carboxylic acids is 1. The first-order valence-corrected chi connectivity index (χ1v) is 8.31. The molecule has 2 heterocycles. The number of ketones is 1. The Balaban J connectivity index is 1.38. The third-order valence-corrected chi connectivity index (χ3v) is 4.01. The average molecular weight is 343 g/mol. The molecule has 128 valence electrons. The van der Waals surface area contributed by atoms with Gasteiger partial charge >= 0.3 is 0 Å². The van der Waals surface area contributed by atoms with E-state index in [-0.39, 0.29) is 5.78 Å². The molecule has 0 aliphatic rings. The van der Waals surface area contributed by atoms with Crippen LogP contribution in [-0.4, -0.2) is 15.8 Å². The maximum atomic E-state index is 12.2. The number of hydrogen-bond acceptors (Lipinski definition) is 4. The van der Waals surface area contributed by atoms with Crippen molar-refractivity contribution in [2.75, 3.05) is 5.32 Å². The van der Waals surface area contributed by atoms with Gasteiger partial charge in [0.25, 0.3) is 0 Å². The van der Waals surface area contributed by atoms with Gasteiger partial charge in [-0.15, -0.1) is 0 Å². The van der Waals surface area contributed by atoms with E-state index in [2.05, 4.69) is 15.3 Å². The minimum absolute atomic E-state index is 0.0646. The number of imidazole rings is 1. The lowest BCUT2D eigenvalue weighted by molar-refractivity contribution is 0.104. The van der Waals surface area contributed by atoms with Gasteiger partial charge in [0.2, 0.25) is 0 Å². The van der Waals surface area contributed by atoms with E-state index < -0.39 is 0 Å². The maximum Gasteiger partial charge on any atom is 0.185 e. The van der Waals surface area contributed by atoms with Crippen molar-refractivity contribution < 1.29 is 9.21 Å². The number of para-hydroxylation sites is 2. The molecule has 0 fully saturated rings. The second-order valence-corrected chi connectivity index (χ2v) is 5.84. The van der Waals surface area contributed by atoms with E-state index in [0.29, 0.717) is 17.9 Å². The molecule has 0 radical (unpaired) electrons. The van der Waals surface area contributed by atoms with Gasteiger partial charge in [0.05, 0.1) is 23.8 Å². The van der Waals surface area contributed by atoms with E-state index in [1.165, 1.54) is 6.08 Å². The number of furan rings is 1. The van der Waals surface area contributed by atoms with Gasteiger partial charge in [0.15, 0.2) is 5.78 Å². The summed E-state index contributed by atoms with van der Waals surface area (Å²) in [5.41, 5.74) is 3.53. The molecule has 2 N–H and O–H groups in total. The van der Waals surface area contributed by atoms with Crippen molar-refractivity contribution in [2.45, 2.75) is 6.54 Å². The lowest BCUT2D eigenvalue weighted by Gasteiger charge is -2.05. The van der Waals surface area contributed by atoms with Crippen molar-refractivity contribution in [3.8, 4) is 0 Å². The molecule has 0 saturated heterocycles. The van der Waals surface area contributed by atoms with Crippen molar-refractivity contribution in [1.29, 1.82) is 0 Å². The average Bonchev–Trinajstić information content (AvgIpc) is 3.34. The Bertz CT molecular complexity index is 1010. The lowest BCUT2D eigenvalue weighted by atomic mass is 10.1. The van der Waals surface area contributed by atoms with Crippen LogP contribution in [0.5, 0.6) is 0 Å². The van der Waals surface area contributed by atoms with Crippen molar-refractivity contribution in [3.63, 3.8) is 0 Å². The highest BCUT2D eigenvalue weighted by Gasteiger charge is 2.04. The quantitative estimate of drug-likeness (QED) is 0.394. The van der Waals surface area contributed by atoms with Crippen molar-refractivity contribution in [2.24, 2.45) is 0 Å². The number of aromatic amines is 1. The summed E-state index contributed by atoms with van der Waals surface area (Å²) in [6.45, 7) is 0.584. The summed E-state index contributed by atoms with van der Waals surface area (Å²) < 4.78 is 5.18. The summed E-state index contributed by atoms with van der Waals surface area (Å²) in [4.78, 5) is 20.0. The lowest BCUT2D eigenvalue weighted by Crippen LogP contribution is -2.01. The van der Waals surface area contributed by atoms with Crippen LogP contribution < -0.4 is 5.32 Å². The molecule has 0 aliphatic heterocycles. The number of H-pyrrole nitrogens is 1. The van der Waals surface area contributed by atoms with Crippen molar-refractivity contribution >= 4 is 28.6 Å². The zero-order chi connectivity index (χ0) is 17.8. The molecule has 2 aromatic carbocycles. The largest absolute Gasteiger partial charge is 0.465 e. The van der Waals surface area contributed by atoms with Crippen LogP contribution in [0.15, 0.2) is 77.4 Å². The second kappa shape index (κ2) is 7.11. The number of nitrogens with zero attached hydrogens (tertiary/aromatic N) is 1. The number of benzene rings is 2. The Morgan fingerprint density at radius 3 is 2.69 bits per heavy atom. The normalized spacial score (nSPS) is 11.2. The van der Waals surface area contributed by atoms with Crippen molar-refractivity contribution in [3.05, 3.63) is 90.2 Å². The Hall–Kier alpha value is -3.60. The number of hydrogen-bond donors (Lipinski definition) is 2. The highest BCUT2D eigenvalue weighted by Crippen LogP contribution is 2.14. The zero-order valence-corrected chi connectivity index (χ0v) is 14.0. The SMILES string of the molecule is O=C(/C=C/c1ccco1)c1ccc(NCc2nc3ccccc3[nH]2)cc1. The van der Waals surface area contributed by atoms with E-state index in [1.807, 2.05) is 36.4 Å². The number of carbonyl (C=O) groups is 1. The zero-order valence-electron chi connectivity index (χ0n) is 14.0. The fourth-order valence-corrected chi connectivity index (χ4v) is 2.67. The van der Waals surface area contributed by atoms with Crippen LogP contribution in [0.1, 0.15) is 21.9 Å². The molecule has 0 bridgehead atoms. The first-order chi connectivity index (χ1) is 12.8. The van der Waals surface area contributed by atoms with Crippen LogP contribution in [0, 0.1) is 0 Å². The van der Waals surface area contributed by atoms with Gasteiger partial charge in [0, 0.05) is 11.3 Å². The summed E-state index contributed by atoms with van der Waals surface area (Å²) in [5, 5.41) is 3.30. The minimum Gasteiger partial charge on any atom is -0.465 e. The van der Waals surface area contributed by atoms with E-state index in [9.17, 15) is 4.79 Å². The molecule has 0 aliphatic carbocycles. The standard InChI is InChI=1S/C21H17N3O2/c25-20(12-11-17-4-3-13-26-17)15-7-9-16(10-8-15)22-14-21-23-18-5-1-2-6-19(18)24-21/h1-13,22H,14H2,(H,23,24)/b12-11+. The van der Waals surface area contributed by atoms with E-state index in [1.54, 1.807) is 36.6 Å². The highest BCUT2D eigenvalue weighted by atomic mass is 16.3. The Morgan fingerprint density at radius 1 is 1.08 bits per heavy atom. The van der Waals surface area contributed by atoms with Gasteiger partial charge in [0.1, 0.15) is 11.6 Å². The number of allylic oxidation sites excluding steroid dienone is 1. The van der Waals surface area contributed by atoms with Gasteiger partial charge < -0.3 is 14.7 Å². The number of fused-ring (bicyclic) bond motifs is 1. The third kappa shape index (κ3) is 3.57. The third-order valence-electron chi connectivity index (χ3n) is 4.01. The van der Waals surface area contributed by atoms with Gasteiger partial charge in [-0.2, -0.15) is 0 Å². The van der Waals surface area contributed by atoms with Gasteiger partial charge in [-0.3, -0.25) is 4.79 Å². The first kappa shape index (κ1) is 15.9. The van der Waals surface area contributed by atoms with Crippen LogP contribution >= 0.6 is 0 Å². The highest BCUT2D eigenvalue weighted by molar-refractivity contribution is 6.06. The number of anilines is 1. The molecule has 0 unspecified atom stereocenters. The summed E-state index contributed by atoms with van der Waals surface area (Å²) in [7, 11) is 0.